The first kappa shape index (κ1) is 25.0. The topological polar surface area (TPSA) is 71.4 Å². The Bertz CT molecular complexity index is 1530. The number of thioether (sulfide) groups is 1. The van der Waals surface area contributed by atoms with Gasteiger partial charge in [-0.3, -0.25) is 19.3 Å². The Morgan fingerprint density at radius 2 is 1.70 bits per heavy atom. The van der Waals surface area contributed by atoms with Gasteiger partial charge in [0.1, 0.15) is 6.54 Å². The van der Waals surface area contributed by atoms with Crippen LogP contribution in [0.4, 0.5) is 4.79 Å². The molecule has 1 fully saturated rings. The van der Waals surface area contributed by atoms with E-state index >= 15 is 0 Å². The third-order valence-electron chi connectivity index (χ3n) is 6.26. The maximum absolute atomic E-state index is 13.1. The minimum Gasteiger partial charge on any atom is -0.348 e. The monoisotopic (exact) mass is 573 g/mol. The summed E-state index contributed by atoms with van der Waals surface area (Å²) in [5.74, 6) is -0.436. The van der Waals surface area contributed by atoms with Crippen LogP contribution < -0.4 is 5.32 Å². The second kappa shape index (κ2) is 10.8. The molecule has 0 saturated carbocycles. The van der Waals surface area contributed by atoms with Crippen LogP contribution >= 0.6 is 27.7 Å². The Hall–Kier alpha value is -3.62. The predicted molar refractivity (Wildman–Crippen MR) is 151 cm³/mol. The maximum atomic E-state index is 13.1. The number of carbonyl (C=O) groups excluding carboxylic acids is 3. The lowest BCUT2D eigenvalue weighted by atomic mass is 10.1. The number of rotatable bonds is 7. The van der Waals surface area contributed by atoms with Crippen molar-refractivity contribution in [3.8, 4) is 0 Å². The molecule has 8 heteroatoms. The largest absolute Gasteiger partial charge is 0.348 e. The van der Waals surface area contributed by atoms with Gasteiger partial charge in [-0.15, -0.1) is 0 Å². The van der Waals surface area contributed by atoms with Crippen LogP contribution in [0, 0.1) is 0 Å². The third-order valence-corrected chi connectivity index (χ3v) is 7.94. The van der Waals surface area contributed by atoms with Crippen LogP contribution in [0.2, 0.25) is 0 Å². The van der Waals surface area contributed by atoms with Crippen molar-refractivity contribution in [1.82, 2.24) is 14.8 Å². The number of imide groups is 1. The molecule has 4 aromatic rings. The average molecular weight is 575 g/mol. The maximum Gasteiger partial charge on any atom is 0.293 e. The Morgan fingerprint density at radius 3 is 2.49 bits per heavy atom. The highest BCUT2D eigenvalue weighted by Gasteiger charge is 2.35. The SMILES string of the molecule is CC(NC(=O)Cn1cc(/C=C2\SC(=O)N(Cc3ccccc3Br)C2=O)c2ccccc21)c1ccccc1. The van der Waals surface area contributed by atoms with E-state index < -0.39 is 0 Å². The second-order valence-corrected chi connectivity index (χ2v) is 10.6. The molecule has 1 aliphatic rings. The lowest BCUT2D eigenvalue weighted by molar-refractivity contribution is -0.123. The van der Waals surface area contributed by atoms with Gasteiger partial charge in [0.2, 0.25) is 5.91 Å². The molecule has 0 radical (unpaired) electrons. The molecule has 5 rings (SSSR count). The number of halogens is 1. The average Bonchev–Trinajstić information content (AvgIpc) is 3.37. The van der Waals surface area contributed by atoms with Gasteiger partial charge in [-0.1, -0.05) is 82.7 Å². The predicted octanol–water partition coefficient (Wildman–Crippen LogP) is 6.52. The van der Waals surface area contributed by atoms with Crippen molar-refractivity contribution in [2.45, 2.75) is 26.1 Å². The van der Waals surface area contributed by atoms with E-state index in [1.54, 1.807) is 6.08 Å². The van der Waals surface area contributed by atoms with Gasteiger partial charge in [0, 0.05) is 27.1 Å². The summed E-state index contributed by atoms with van der Waals surface area (Å²) in [6, 6.07) is 25.0. The van der Waals surface area contributed by atoms with Crippen LogP contribution in [0.1, 0.15) is 29.7 Å². The summed E-state index contributed by atoms with van der Waals surface area (Å²) < 4.78 is 2.72. The van der Waals surface area contributed by atoms with E-state index in [1.807, 2.05) is 96.6 Å². The molecule has 6 nitrogen and oxygen atoms in total. The summed E-state index contributed by atoms with van der Waals surface area (Å²) >= 11 is 4.42. The number of nitrogens with zero attached hydrogens (tertiary/aromatic N) is 2. The van der Waals surface area contributed by atoms with E-state index in [-0.39, 0.29) is 36.2 Å². The van der Waals surface area contributed by atoms with Gasteiger partial charge < -0.3 is 9.88 Å². The molecule has 1 aliphatic heterocycles. The molecule has 1 atom stereocenters. The van der Waals surface area contributed by atoms with Gasteiger partial charge in [-0.2, -0.15) is 0 Å². The summed E-state index contributed by atoms with van der Waals surface area (Å²) in [5, 5.41) is 3.66. The minimum atomic E-state index is -0.322. The highest BCUT2D eigenvalue weighted by Crippen LogP contribution is 2.35. The molecule has 0 spiro atoms. The van der Waals surface area contributed by atoms with Gasteiger partial charge in [0.25, 0.3) is 11.1 Å². The fourth-order valence-corrected chi connectivity index (χ4v) is 5.60. The summed E-state index contributed by atoms with van der Waals surface area (Å²) in [7, 11) is 0. The van der Waals surface area contributed by atoms with Crippen LogP contribution in [0.5, 0.6) is 0 Å². The molecular formula is C29H24BrN3O3S. The summed E-state index contributed by atoms with van der Waals surface area (Å²) in [6.07, 6.45) is 3.60. The Kier molecular flexibility index (Phi) is 7.30. The third kappa shape index (κ3) is 5.40. The van der Waals surface area contributed by atoms with Crippen LogP contribution in [-0.4, -0.2) is 26.5 Å². The molecule has 3 amide bonds. The van der Waals surface area contributed by atoms with Crippen molar-refractivity contribution < 1.29 is 14.4 Å². The normalized spacial score (nSPS) is 15.5. The van der Waals surface area contributed by atoms with Crippen LogP contribution in [0.3, 0.4) is 0 Å². The number of fused-ring (bicyclic) bond motifs is 1. The van der Waals surface area contributed by atoms with E-state index in [2.05, 4.69) is 21.2 Å². The van der Waals surface area contributed by atoms with Crippen LogP contribution in [0.15, 0.2) is 94.4 Å². The van der Waals surface area contributed by atoms with Crippen LogP contribution in [0.25, 0.3) is 17.0 Å². The highest BCUT2D eigenvalue weighted by molar-refractivity contribution is 9.10. The first-order valence-electron chi connectivity index (χ1n) is 11.8. The molecular weight excluding hydrogens is 550 g/mol. The zero-order valence-electron chi connectivity index (χ0n) is 20.1. The molecule has 1 aromatic heterocycles. The molecule has 1 saturated heterocycles. The molecule has 0 bridgehead atoms. The van der Waals surface area contributed by atoms with Crippen molar-refractivity contribution >= 4 is 61.7 Å². The molecule has 0 aliphatic carbocycles. The van der Waals surface area contributed by atoms with Gasteiger partial charge in [-0.25, -0.2) is 0 Å². The van der Waals surface area contributed by atoms with Gasteiger partial charge in [0.05, 0.1) is 17.5 Å². The molecule has 186 valence electrons. The fraction of sp³-hybridized carbons (Fsp3) is 0.138. The highest BCUT2D eigenvalue weighted by atomic mass is 79.9. The molecule has 2 heterocycles. The lowest BCUT2D eigenvalue weighted by Crippen LogP contribution is -2.29. The summed E-state index contributed by atoms with van der Waals surface area (Å²) in [6.45, 7) is 2.29. The number of para-hydroxylation sites is 1. The van der Waals surface area contributed by atoms with E-state index in [1.165, 1.54) is 4.90 Å². The Balaban J connectivity index is 1.37. The molecule has 3 aromatic carbocycles. The number of benzene rings is 3. The second-order valence-electron chi connectivity index (χ2n) is 8.79. The number of hydrogen-bond acceptors (Lipinski definition) is 4. The number of aromatic nitrogens is 1. The molecule has 1 unspecified atom stereocenters. The van der Waals surface area contributed by atoms with Gasteiger partial charge >= 0.3 is 0 Å². The number of carbonyl (C=O) groups is 3. The summed E-state index contributed by atoms with van der Waals surface area (Å²) in [4.78, 5) is 40.3. The quantitative estimate of drug-likeness (QED) is 0.255. The number of nitrogens with one attached hydrogen (secondary N) is 1. The Labute approximate surface area is 227 Å². The van der Waals surface area contributed by atoms with Crippen molar-refractivity contribution in [3.63, 3.8) is 0 Å². The molecule has 37 heavy (non-hydrogen) atoms. The summed E-state index contributed by atoms with van der Waals surface area (Å²) in [5.41, 5.74) is 3.56. The van der Waals surface area contributed by atoms with Crippen LogP contribution in [-0.2, 0) is 22.7 Å². The first-order chi connectivity index (χ1) is 17.9. The lowest BCUT2D eigenvalue weighted by Gasteiger charge is -2.15. The van der Waals surface area contributed by atoms with E-state index in [0.717, 1.165) is 43.8 Å². The fourth-order valence-electron chi connectivity index (χ4n) is 4.36. The zero-order valence-corrected chi connectivity index (χ0v) is 22.5. The number of amides is 3. The van der Waals surface area contributed by atoms with Crippen molar-refractivity contribution in [2.24, 2.45) is 0 Å². The van der Waals surface area contributed by atoms with Crippen molar-refractivity contribution in [1.29, 1.82) is 0 Å². The van der Waals surface area contributed by atoms with Gasteiger partial charge in [0.15, 0.2) is 0 Å². The van der Waals surface area contributed by atoms with E-state index in [0.29, 0.717) is 4.91 Å². The smallest absolute Gasteiger partial charge is 0.293 e. The van der Waals surface area contributed by atoms with Crippen molar-refractivity contribution in [3.05, 3.63) is 111 Å². The standard InChI is InChI=1S/C29H24BrN3O3S/c1-19(20-9-3-2-4-10-20)31-27(34)18-32-16-22(23-12-6-8-14-25(23)32)15-26-28(35)33(29(36)37-26)17-21-11-5-7-13-24(21)30/h2-16,19H,17-18H2,1H3,(H,31,34)/b26-15-. The van der Waals surface area contributed by atoms with E-state index in [9.17, 15) is 14.4 Å². The molecule has 1 N–H and O–H groups in total. The zero-order chi connectivity index (χ0) is 25.9. The van der Waals surface area contributed by atoms with Gasteiger partial charge in [-0.05, 0) is 48.0 Å². The van der Waals surface area contributed by atoms with Crippen molar-refractivity contribution in [2.75, 3.05) is 0 Å². The number of hydrogen-bond donors (Lipinski definition) is 1. The Morgan fingerprint density at radius 1 is 1.00 bits per heavy atom. The first-order valence-corrected chi connectivity index (χ1v) is 13.4. The van der Waals surface area contributed by atoms with E-state index in [4.69, 9.17) is 0 Å². The minimum absolute atomic E-state index is 0.114.